The van der Waals surface area contributed by atoms with Gasteiger partial charge in [0, 0.05) is 18.8 Å². The lowest BCUT2D eigenvalue weighted by Gasteiger charge is -2.25. The maximum absolute atomic E-state index is 11.8. The Balaban J connectivity index is 2.24. The smallest absolute Gasteiger partial charge is 0.156 e. The Morgan fingerprint density at radius 3 is 2.88 bits per heavy atom. The van der Waals surface area contributed by atoms with Crippen molar-refractivity contribution >= 4 is 9.84 Å². The molecule has 1 N–H and O–H groups in total. The first-order valence-electron chi connectivity index (χ1n) is 5.39. The fraction of sp³-hybridized carbons (Fsp3) is 0.700. The van der Waals surface area contributed by atoms with Crippen molar-refractivity contribution < 1.29 is 13.5 Å². The minimum atomic E-state index is -3.15. The Morgan fingerprint density at radius 2 is 2.31 bits per heavy atom. The van der Waals surface area contributed by atoms with E-state index in [1.54, 1.807) is 17.9 Å². The Bertz CT molecular complexity index is 466. The van der Waals surface area contributed by atoms with Gasteiger partial charge in [-0.3, -0.25) is 4.68 Å². The maximum Gasteiger partial charge on any atom is 0.156 e. The van der Waals surface area contributed by atoms with Gasteiger partial charge < -0.3 is 5.11 Å². The van der Waals surface area contributed by atoms with Gasteiger partial charge in [-0.25, -0.2) is 8.42 Å². The van der Waals surface area contributed by atoms with Gasteiger partial charge in [0.25, 0.3) is 0 Å². The number of aryl methyl sites for hydroxylation is 1. The SMILES string of the molecule is Cn1cc(C(O)C2CCCCS2(=O)=O)cn1. The van der Waals surface area contributed by atoms with Crippen LogP contribution in [-0.4, -0.2) is 34.3 Å². The molecular weight excluding hydrogens is 228 g/mol. The fourth-order valence-corrected chi connectivity index (χ4v) is 4.13. The van der Waals surface area contributed by atoms with Crippen LogP contribution in [0.2, 0.25) is 0 Å². The number of aliphatic hydroxyl groups excluding tert-OH is 1. The van der Waals surface area contributed by atoms with E-state index in [2.05, 4.69) is 5.10 Å². The second-order valence-corrected chi connectivity index (χ2v) is 6.63. The first-order valence-corrected chi connectivity index (χ1v) is 7.10. The van der Waals surface area contributed by atoms with Gasteiger partial charge in [0.2, 0.25) is 0 Å². The van der Waals surface area contributed by atoms with Crippen LogP contribution in [0.25, 0.3) is 0 Å². The highest BCUT2D eigenvalue weighted by Crippen LogP contribution is 2.30. The number of nitrogens with zero attached hydrogens (tertiary/aromatic N) is 2. The Labute approximate surface area is 95.0 Å². The lowest BCUT2D eigenvalue weighted by atomic mass is 10.1. The topological polar surface area (TPSA) is 72.2 Å². The molecule has 16 heavy (non-hydrogen) atoms. The zero-order valence-corrected chi connectivity index (χ0v) is 10.0. The molecule has 5 nitrogen and oxygen atoms in total. The van der Waals surface area contributed by atoms with E-state index in [1.165, 1.54) is 6.20 Å². The molecule has 0 bridgehead atoms. The van der Waals surface area contributed by atoms with Crippen molar-refractivity contribution in [2.75, 3.05) is 5.75 Å². The summed E-state index contributed by atoms with van der Waals surface area (Å²) < 4.78 is 25.2. The highest BCUT2D eigenvalue weighted by molar-refractivity contribution is 7.92. The average molecular weight is 244 g/mol. The predicted molar refractivity (Wildman–Crippen MR) is 59.6 cm³/mol. The molecule has 0 aromatic carbocycles. The molecule has 1 aromatic heterocycles. The number of hydrogen-bond acceptors (Lipinski definition) is 4. The molecule has 1 aliphatic heterocycles. The molecule has 2 heterocycles. The summed E-state index contributed by atoms with van der Waals surface area (Å²) in [5, 5.41) is 13.3. The van der Waals surface area contributed by atoms with E-state index in [-0.39, 0.29) is 5.75 Å². The van der Waals surface area contributed by atoms with Crippen LogP contribution in [0.15, 0.2) is 12.4 Å². The average Bonchev–Trinajstić information content (AvgIpc) is 2.63. The molecule has 0 aliphatic carbocycles. The Hall–Kier alpha value is -0.880. The minimum Gasteiger partial charge on any atom is -0.387 e. The second-order valence-electron chi connectivity index (χ2n) is 4.29. The Kier molecular flexibility index (Phi) is 3.03. The molecule has 2 rings (SSSR count). The van der Waals surface area contributed by atoms with Crippen LogP contribution in [0.3, 0.4) is 0 Å². The van der Waals surface area contributed by atoms with Crippen LogP contribution in [0.1, 0.15) is 30.9 Å². The third kappa shape index (κ3) is 2.12. The van der Waals surface area contributed by atoms with E-state index < -0.39 is 21.2 Å². The zero-order chi connectivity index (χ0) is 11.8. The van der Waals surface area contributed by atoms with Gasteiger partial charge in [0.1, 0.15) is 0 Å². The van der Waals surface area contributed by atoms with Crippen molar-refractivity contribution in [1.29, 1.82) is 0 Å². The third-order valence-electron chi connectivity index (χ3n) is 3.05. The van der Waals surface area contributed by atoms with E-state index in [0.29, 0.717) is 18.4 Å². The predicted octanol–water partition coefficient (Wildman–Crippen LogP) is 0.421. The van der Waals surface area contributed by atoms with E-state index >= 15 is 0 Å². The van der Waals surface area contributed by atoms with Crippen LogP contribution in [0, 0.1) is 0 Å². The standard InChI is InChI=1S/C10H16N2O3S/c1-12-7-8(6-11-12)10(13)9-4-2-3-5-16(9,14)15/h6-7,9-10,13H,2-5H2,1H3. The van der Waals surface area contributed by atoms with Gasteiger partial charge in [0.05, 0.1) is 23.3 Å². The molecular formula is C10H16N2O3S. The summed E-state index contributed by atoms with van der Waals surface area (Å²) in [6, 6.07) is 0. The largest absolute Gasteiger partial charge is 0.387 e. The molecule has 1 aromatic rings. The first kappa shape index (κ1) is 11.6. The van der Waals surface area contributed by atoms with Crippen molar-refractivity contribution in [1.82, 2.24) is 9.78 Å². The first-order chi connectivity index (χ1) is 7.50. The van der Waals surface area contributed by atoms with Crippen molar-refractivity contribution in [2.24, 2.45) is 7.05 Å². The fourth-order valence-electron chi connectivity index (χ4n) is 2.14. The molecule has 90 valence electrons. The maximum atomic E-state index is 11.8. The molecule has 0 saturated carbocycles. The number of rotatable bonds is 2. The number of aromatic nitrogens is 2. The van der Waals surface area contributed by atoms with Crippen molar-refractivity contribution in [3.8, 4) is 0 Å². The van der Waals surface area contributed by atoms with Gasteiger partial charge >= 0.3 is 0 Å². The summed E-state index contributed by atoms with van der Waals surface area (Å²) in [7, 11) is -1.41. The van der Waals surface area contributed by atoms with Crippen LogP contribution < -0.4 is 0 Å². The summed E-state index contributed by atoms with van der Waals surface area (Å²) in [4.78, 5) is 0. The highest BCUT2D eigenvalue weighted by atomic mass is 32.2. The van der Waals surface area contributed by atoms with E-state index in [4.69, 9.17) is 0 Å². The summed E-state index contributed by atoms with van der Waals surface area (Å²) in [5.41, 5.74) is 0.581. The minimum absolute atomic E-state index is 0.189. The molecule has 1 aliphatic rings. The van der Waals surface area contributed by atoms with Crippen LogP contribution in [0.4, 0.5) is 0 Å². The monoisotopic (exact) mass is 244 g/mol. The highest BCUT2D eigenvalue weighted by Gasteiger charge is 2.35. The molecule has 2 atom stereocenters. The van der Waals surface area contributed by atoms with Gasteiger partial charge in [-0.15, -0.1) is 0 Å². The van der Waals surface area contributed by atoms with E-state index in [1.807, 2.05) is 0 Å². The van der Waals surface area contributed by atoms with Crippen LogP contribution in [-0.2, 0) is 16.9 Å². The van der Waals surface area contributed by atoms with Gasteiger partial charge in [-0.2, -0.15) is 5.10 Å². The molecule has 2 unspecified atom stereocenters. The molecule has 0 spiro atoms. The molecule has 1 fully saturated rings. The van der Waals surface area contributed by atoms with Crippen molar-refractivity contribution in [3.05, 3.63) is 18.0 Å². The van der Waals surface area contributed by atoms with Gasteiger partial charge in [-0.1, -0.05) is 6.42 Å². The summed E-state index contributed by atoms with van der Waals surface area (Å²) >= 11 is 0. The third-order valence-corrected chi connectivity index (χ3v) is 5.32. The molecule has 1 saturated heterocycles. The van der Waals surface area contributed by atoms with Crippen molar-refractivity contribution in [3.63, 3.8) is 0 Å². The van der Waals surface area contributed by atoms with E-state index in [9.17, 15) is 13.5 Å². The van der Waals surface area contributed by atoms with Gasteiger partial charge in [-0.05, 0) is 12.8 Å². The van der Waals surface area contributed by atoms with Crippen LogP contribution >= 0.6 is 0 Å². The molecule has 0 amide bonds. The van der Waals surface area contributed by atoms with Crippen LogP contribution in [0.5, 0.6) is 0 Å². The molecule has 0 radical (unpaired) electrons. The number of aliphatic hydroxyl groups is 1. The lowest BCUT2D eigenvalue weighted by molar-refractivity contribution is 0.164. The normalized spacial score (nSPS) is 26.5. The van der Waals surface area contributed by atoms with Crippen molar-refractivity contribution in [2.45, 2.75) is 30.6 Å². The van der Waals surface area contributed by atoms with E-state index in [0.717, 1.165) is 6.42 Å². The second kappa shape index (κ2) is 4.18. The number of sulfone groups is 1. The lowest BCUT2D eigenvalue weighted by Crippen LogP contribution is -2.33. The van der Waals surface area contributed by atoms with Gasteiger partial charge in [0.15, 0.2) is 9.84 Å². The summed E-state index contributed by atoms with van der Waals surface area (Å²) in [6.45, 7) is 0. The Morgan fingerprint density at radius 1 is 1.56 bits per heavy atom. The summed E-state index contributed by atoms with van der Waals surface area (Å²) in [6.07, 6.45) is 4.35. The zero-order valence-electron chi connectivity index (χ0n) is 9.20. The molecule has 6 heteroatoms. The summed E-state index contributed by atoms with van der Waals surface area (Å²) in [5.74, 6) is 0.189. The number of hydrogen-bond donors (Lipinski definition) is 1. The quantitative estimate of drug-likeness (QED) is 0.818.